The average molecular weight is 290 g/mol. The molecule has 0 unspecified atom stereocenters. The summed E-state index contributed by atoms with van der Waals surface area (Å²) in [5.41, 5.74) is 0.00503. The van der Waals surface area contributed by atoms with Gasteiger partial charge in [0.15, 0.2) is 0 Å². The molecule has 0 aliphatic rings. The Balaban J connectivity index is 2.83. The van der Waals surface area contributed by atoms with E-state index in [9.17, 15) is 22.4 Å². The van der Waals surface area contributed by atoms with E-state index in [2.05, 4.69) is 16.8 Å². The molecule has 1 aromatic heterocycles. The van der Waals surface area contributed by atoms with E-state index in [4.69, 9.17) is 5.11 Å². The van der Waals surface area contributed by atoms with Crippen molar-refractivity contribution in [3.8, 4) is 11.8 Å². The first kappa shape index (κ1) is 15.9. The number of aliphatic hydroxyl groups excluding tert-OH is 1. The fourth-order valence-electron chi connectivity index (χ4n) is 1.20. The van der Waals surface area contributed by atoms with E-state index < -0.39 is 31.4 Å². The van der Waals surface area contributed by atoms with Gasteiger partial charge < -0.3 is 10.4 Å². The van der Waals surface area contributed by atoms with E-state index >= 15 is 0 Å². The molecule has 0 atom stereocenters. The summed E-state index contributed by atoms with van der Waals surface area (Å²) in [6.45, 7) is -1.95. The molecule has 8 heteroatoms. The number of hydrogen-bond acceptors (Lipinski definition) is 3. The minimum Gasteiger partial charge on any atom is -0.384 e. The third-order valence-corrected chi connectivity index (χ3v) is 2.17. The SMILES string of the molecule is O=C(NCC(F)(F)C(F)F)c1ccncc1C#CCO. The number of pyridine rings is 1. The summed E-state index contributed by atoms with van der Waals surface area (Å²) >= 11 is 0. The summed E-state index contributed by atoms with van der Waals surface area (Å²) in [7, 11) is 0. The zero-order chi connectivity index (χ0) is 15.2. The maximum absolute atomic E-state index is 12.7. The van der Waals surface area contributed by atoms with Crippen LogP contribution >= 0.6 is 0 Å². The molecule has 0 saturated heterocycles. The summed E-state index contributed by atoms with van der Waals surface area (Å²) in [4.78, 5) is 15.3. The van der Waals surface area contributed by atoms with Gasteiger partial charge in [-0.1, -0.05) is 11.8 Å². The number of aromatic nitrogens is 1. The third kappa shape index (κ3) is 4.20. The number of hydrogen-bond donors (Lipinski definition) is 2. The van der Waals surface area contributed by atoms with Crippen molar-refractivity contribution < 1.29 is 27.5 Å². The van der Waals surface area contributed by atoms with E-state index in [1.807, 2.05) is 0 Å². The Labute approximate surface area is 111 Å². The molecule has 0 spiro atoms. The number of nitrogens with one attached hydrogen (secondary N) is 1. The number of carbonyl (C=O) groups excluding carboxylic acids is 1. The third-order valence-electron chi connectivity index (χ3n) is 2.17. The number of amides is 1. The minimum atomic E-state index is -4.31. The number of aliphatic hydroxyl groups is 1. The molecule has 1 aromatic rings. The highest BCUT2D eigenvalue weighted by molar-refractivity contribution is 5.96. The summed E-state index contributed by atoms with van der Waals surface area (Å²) in [5.74, 6) is -0.610. The van der Waals surface area contributed by atoms with Crippen molar-refractivity contribution in [1.82, 2.24) is 10.3 Å². The van der Waals surface area contributed by atoms with Crippen LogP contribution in [0.5, 0.6) is 0 Å². The highest BCUT2D eigenvalue weighted by Gasteiger charge is 2.40. The summed E-state index contributed by atoms with van der Waals surface area (Å²) < 4.78 is 49.3. The fraction of sp³-hybridized carbons (Fsp3) is 0.333. The first-order chi connectivity index (χ1) is 9.38. The monoisotopic (exact) mass is 290 g/mol. The highest BCUT2D eigenvalue weighted by Crippen LogP contribution is 2.21. The number of nitrogens with zero attached hydrogens (tertiary/aromatic N) is 1. The highest BCUT2D eigenvalue weighted by atomic mass is 19.3. The number of halogens is 4. The molecule has 0 aliphatic carbocycles. The van der Waals surface area contributed by atoms with Gasteiger partial charge in [0, 0.05) is 12.4 Å². The molecule has 2 N–H and O–H groups in total. The Morgan fingerprint density at radius 1 is 1.50 bits per heavy atom. The first-order valence-corrected chi connectivity index (χ1v) is 5.36. The predicted octanol–water partition coefficient (Wildman–Crippen LogP) is 1.06. The quantitative estimate of drug-likeness (QED) is 0.644. The van der Waals surface area contributed by atoms with Crippen molar-refractivity contribution in [3.05, 3.63) is 29.6 Å². The van der Waals surface area contributed by atoms with Gasteiger partial charge in [-0.2, -0.15) is 8.78 Å². The van der Waals surface area contributed by atoms with Crippen LogP contribution in [0.25, 0.3) is 0 Å². The van der Waals surface area contributed by atoms with E-state index in [0.29, 0.717) is 0 Å². The van der Waals surface area contributed by atoms with Gasteiger partial charge in [0.1, 0.15) is 6.61 Å². The Morgan fingerprint density at radius 2 is 2.20 bits per heavy atom. The average Bonchev–Trinajstić information content (AvgIpc) is 2.42. The van der Waals surface area contributed by atoms with Crippen LogP contribution in [0.1, 0.15) is 15.9 Å². The molecule has 0 aliphatic heterocycles. The first-order valence-electron chi connectivity index (χ1n) is 5.36. The number of rotatable bonds is 4. The van der Waals surface area contributed by atoms with Crippen molar-refractivity contribution in [2.75, 3.05) is 13.2 Å². The smallest absolute Gasteiger partial charge is 0.324 e. The van der Waals surface area contributed by atoms with E-state index in [-0.39, 0.29) is 11.1 Å². The number of alkyl halides is 4. The van der Waals surface area contributed by atoms with Gasteiger partial charge in [-0.05, 0) is 6.07 Å². The van der Waals surface area contributed by atoms with Gasteiger partial charge in [-0.3, -0.25) is 9.78 Å². The van der Waals surface area contributed by atoms with Crippen molar-refractivity contribution >= 4 is 5.91 Å². The lowest BCUT2D eigenvalue weighted by atomic mass is 10.1. The summed E-state index contributed by atoms with van der Waals surface area (Å²) in [6, 6.07) is 1.21. The Bertz CT molecular complexity index is 538. The molecule has 0 bridgehead atoms. The van der Waals surface area contributed by atoms with Crippen LogP contribution in [0.2, 0.25) is 0 Å². The normalized spacial score (nSPS) is 10.9. The zero-order valence-corrected chi connectivity index (χ0v) is 10.0. The number of carbonyl (C=O) groups is 1. The molecular formula is C12H10F4N2O2. The molecule has 1 heterocycles. The maximum atomic E-state index is 12.7. The molecule has 0 radical (unpaired) electrons. The van der Waals surface area contributed by atoms with Crippen molar-refractivity contribution in [2.24, 2.45) is 0 Å². The lowest BCUT2D eigenvalue weighted by Gasteiger charge is -2.15. The fourth-order valence-corrected chi connectivity index (χ4v) is 1.20. The molecule has 20 heavy (non-hydrogen) atoms. The van der Waals surface area contributed by atoms with Crippen LogP contribution in [0.15, 0.2) is 18.5 Å². The molecule has 4 nitrogen and oxygen atoms in total. The predicted molar refractivity (Wildman–Crippen MR) is 61.5 cm³/mol. The van der Waals surface area contributed by atoms with Crippen LogP contribution in [0, 0.1) is 11.8 Å². The van der Waals surface area contributed by atoms with Crippen LogP contribution in [0.4, 0.5) is 17.6 Å². The van der Waals surface area contributed by atoms with Gasteiger partial charge in [0.05, 0.1) is 17.7 Å². The molecule has 1 amide bonds. The van der Waals surface area contributed by atoms with Crippen LogP contribution in [0.3, 0.4) is 0 Å². The topological polar surface area (TPSA) is 62.2 Å². The Hall–Kier alpha value is -2.14. The lowest BCUT2D eigenvalue weighted by Crippen LogP contribution is -2.41. The standard InChI is InChI=1S/C12H10F4N2O2/c13-11(14)12(15,16)7-18-10(20)9-3-4-17-6-8(9)2-1-5-19/h3-4,6,11,19H,5,7H2,(H,18,20). The maximum Gasteiger partial charge on any atom is 0.324 e. The molecule has 0 fully saturated rings. The second kappa shape index (κ2) is 6.86. The molecule has 1 rings (SSSR count). The summed E-state index contributed by atoms with van der Waals surface area (Å²) in [5, 5.41) is 10.3. The molecule has 108 valence electrons. The molecular weight excluding hydrogens is 280 g/mol. The van der Waals surface area contributed by atoms with Gasteiger partial charge in [-0.15, -0.1) is 0 Å². The Morgan fingerprint density at radius 3 is 2.80 bits per heavy atom. The molecule has 0 saturated carbocycles. The van der Waals surface area contributed by atoms with Crippen molar-refractivity contribution in [1.29, 1.82) is 0 Å². The van der Waals surface area contributed by atoms with Gasteiger partial charge in [0.2, 0.25) is 0 Å². The van der Waals surface area contributed by atoms with E-state index in [1.54, 1.807) is 5.32 Å². The van der Waals surface area contributed by atoms with E-state index in [1.165, 1.54) is 18.5 Å². The second-order valence-corrected chi connectivity index (χ2v) is 3.63. The van der Waals surface area contributed by atoms with Gasteiger partial charge in [-0.25, -0.2) is 8.78 Å². The lowest BCUT2D eigenvalue weighted by molar-refractivity contribution is -0.123. The second-order valence-electron chi connectivity index (χ2n) is 3.63. The van der Waals surface area contributed by atoms with E-state index in [0.717, 1.165) is 0 Å². The Kier molecular flexibility index (Phi) is 5.46. The van der Waals surface area contributed by atoms with Gasteiger partial charge in [0.25, 0.3) is 5.91 Å². The van der Waals surface area contributed by atoms with Crippen molar-refractivity contribution in [3.63, 3.8) is 0 Å². The van der Waals surface area contributed by atoms with Crippen LogP contribution in [-0.2, 0) is 0 Å². The van der Waals surface area contributed by atoms with Gasteiger partial charge >= 0.3 is 12.3 Å². The summed E-state index contributed by atoms with van der Waals surface area (Å²) in [6.07, 6.45) is -1.44. The van der Waals surface area contributed by atoms with Crippen LogP contribution < -0.4 is 5.32 Å². The minimum absolute atomic E-state index is 0.0917. The van der Waals surface area contributed by atoms with Crippen molar-refractivity contribution in [2.45, 2.75) is 12.3 Å². The largest absolute Gasteiger partial charge is 0.384 e. The molecule has 0 aromatic carbocycles. The zero-order valence-electron chi connectivity index (χ0n) is 10.0. The van der Waals surface area contributed by atoms with Crippen LogP contribution in [-0.4, -0.2) is 41.5 Å².